The molecular weight excluding hydrogens is 261 g/mol. The molecule has 0 amide bonds. The first kappa shape index (κ1) is 14.1. The lowest BCUT2D eigenvalue weighted by molar-refractivity contribution is 0.0786. The minimum Gasteiger partial charge on any atom is -0.502 e. The van der Waals surface area contributed by atoms with Crippen LogP contribution in [0.15, 0.2) is 12.1 Å². The van der Waals surface area contributed by atoms with Crippen LogP contribution in [0.1, 0.15) is 19.4 Å². The lowest BCUT2D eigenvalue weighted by Gasteiger charge is -2.20. The zero-order valence-electron chi connectivity index (χ0n) is 9.63. The van der Waals surface area contributed by atoms with Gasteiger partial charge in [-0.05, 0) is 31.5 Å². The van der Waals surface area contributed by atoms with Crippen molar-refractivity contribution in [1.82, 2.24) is 0 Å². The van der Waals surface area contributed by atoms with E-state index in [0.717, 1.165) is 0 Å². The van der Waals surface area contributed by atoms with Crippen molar-refractivity contribution in [3.63, 3.8) is 0 Å². The van der Waals surface area contributed by atoms with Gasteiger partial charge in [-0.25, -0.2) is 4.85 Å². The van der Waals surface area contributed by atoms with Crippen LogP contribution in [-0.4, -0.2) is 17.6 Å². The van der Waals surface area contributed by atoms with E-state index in [0.29, 0.717) is 22.2 Å². The lowest BCUT2D eigenvalue weighted by atomic mass is 9.98. The topological polar surface area (TPSA) is 33.8 Å². The zero-order valence-corrected chi connectivity index (χ0v) is 11.1. The van der Waals surface area contributed by atoms with Crippen LogP contribution >= 0.6 is 23.2 Å². The van der Waals surface area contributed by atoms with Crippen molar-refractivity contribution in [2.24, 2.45) is 0 Å². The molecular formula is C12H13Cl2NO2. The van der Waals surface area contributed by atoms with Gasteiger partial charge >= 0.3 is 0 Å². The fourth-order valence-electron chi connectivity index (χ4n) is 1.30. The number of ether oxygens (including phenoxy) is 1. The summed E-state index contributed by atoms with van der Waals surface area (Å²) in [6, 6.07) is 3.17. The summed E-state index contributed by atoms with van der Waals surface area (Å²) in [7, 11) is 0. The van der Waals surface area contributed by atoms with E-state index in [1.807, 2.05) is 0 Å². The van der Waals surface area contributed by atoms with Crippen molar-refractivity contribution < 1.29 is 9.84 Å². The van der Waals surface area contributed by atoms with E-state index in [9.17, 15) is 5.11 Å². The monoisotopic (exact) mass is 273 g/mol. The second-order valence-corrected chi connectivity index (χ2v) is 4.80. The van der Waals surface area contributed by atoms with E-state index in [-0.39, 0.29) is 12.3 Å². The molecule has 92 valence electrons. The third-order valence-corrected chi connectivity index (χ3v) is 2.61. The number of alkyl halides is 1. The van der Waals surface area contributed by atoms with Gasteiger partial charge in [-0.2, -0.15) is 0 Å². The number of nitrogens with zero attached hydrogens (tertiary/aromatic N) is 1. The van der Waals surface area contributed by atoms with Gasteiger partial charge in [-0.3, -0.25) is 0 Å². The average Bonchev–Trinajstić information content (AvgIpc) is 2.25. The Morgan fingerprint density at radius 1 is 1.47 bits per heavy atom. The summed E-state index contributed by atoms with van der Waals surface area (Å²) in [5.74, 6) is 0.636. The van der Waals surface area contributed by atoms with Crippen LogP contribution in [0.25, 0.3) is 4.85 Å². The fourth-order valence-corrected chi connectivity index (χ4v) is 1.64. The van der Waals surface area contributed by atoms with Crippen molar-refractivity contribution in [1.29, 1.82) is 0 Å². The van der Waals surface area contributed by atoms with Crippen molar-refractivity contribution in [2.75, 3.05) is 12.5 Å². The second kappa shape index (κ2) is 5.59. The first-order valence-corrected chi connectivity index (χ1v) is 5.94. The molecule has 0 unspecified atom stereocenters. The Balaban J connectivity index is 3.23. The molecule has 0 aromatic heterocycles. The Morgan fingerprint density at radius 3 is 2.59 bits per heavy atom. The minimum absolute atomic E-state index is 0.278. The fraction of sp³-hybridized carbons (Fsp3) is 0.417. The molecule has 3 nitrogen and oxygen atoms in total. The second-order valence-electron chi connectivity index (χ2n) is 4.01. The number of aliphatic hydroxyl groups is 1. The first-order valence-electron chi connectivity index (χ1n) is 5.02. The maximum Gasteiger partial charge on any atom is 0.230 e. The Bertz CT molecular complexity index is 447. The molecule has 0 radical (unpaired) electrons. The van der Waals surface area contributed by atoms with Crippen LogP contribution < -0.4 is 4.74 Å². The van der Waals surface area contributed by atoms with Crippen molar-refractivity contribution in [3.8, 4) is 5.75 Å². The molecule has 0 saturated carbocycles. The number of halogens is 2. The van der Waals surface area contributed by atoms with Gasteiger partial charge in [0.2, 0.25) is 5.69 Å². The van der Waals surface area contributed by atoms with Crippen LogP contribution in [0.5, 0.6) is 5.75 Å². The number of hydrogen-bond acceptors (Lipinski definition) is 2. The van der Waals surface area contributed by atoms with E-state index in [4.69, 9.17) is 34.5 Å². The number of hydrogen-bond donors (Lipinski definition) is 1. The van der Waals surface area contributed by atoms with Gasteiger partial charge < -0.3 is 9.84 Å². The van der Waals surface area contributed by atoms with E-state index >= 15 is 0 Å². The van der Waals surface area contributed by atoms with Gasteiger partial charge in [0.15, 0.2) is 0 Å². The quantitative estimate of drug-likeness (QED) is 0.670. The maximum absolute atomic E-state index is 9.88. The van der Waals surface area contributed by atoms with Gasteiger partial charge in [0.1, 0.15) is 5.75 Å². The number of rotatable bonds is 4. The molecule has 0 fully saturated rings. The highest BCUT2D eigenvalue weighted by atomic mass is 35.5. The van der Waals surface area contributed by atoms with Gasteiger partial charge in [0, 0.05) is 0 Å². The molecule has 0 spiro atoms. The molecule has 0 heterocycles. The smallest absolute Gasteiger partial charge is 0.230 e. The Kier molecular flexibility index (Phi) is 4.64. The van der Waals surface area contributed by atoms with Crippen LogP contribution in [0.2, 0.25) is 5.02 Å². The van der Waals surface area contributed by atoms with E-state index in [2.05, 4.69) is 4.85 Å². The van der Waals surface area contributed by atoms with Crippen molar-refractivity contribution >= 4 is 28.9 Å². The lowest BCUT2D eigenvalue weighted by Crippen LogP contribution is -2.15. The molecule has 0 atom stereocenters. The first-order chi connectivity index (χ1) is 7.90. The molecule has 0 aliphatic heterocycles. The molecule has 1 aromatic rings. The SMILES string of the molecule is [C-]#[N+]c1cc(C(C)(C)O)cc(Cl)c1OCCCl. The maximum atomic E-state index is 9.88. The zero-order chi connectivity index (χ0) is 13.1. The highest BCUT2D eigenvalue weighted by Crippen LogP contribution is 2.39. The van der Waals surface area contributed by atoms with Crippen molar-refractivity contribution in [2.45, 2.75) is 19.4 Å². The molecule has 1 N–H and O–H groups in total. The van der Waals surface area contributed by atoms with Crippen molar-refractivity contribution in [3.05, 3.63) is 34.1 Å². The summed E-state index contributed by atoms with van der Waals surface area (Å²) in [6.45, 7) is 10.6. The van der Waals surface area contributed by atoms with E-state index in [1.165, 1.54) is 0 Å². The highest BCUT2D eigenvalue weighted by Gasteiger charge is 2.20. The van der Waals surface area contributed by atoms with E-state index in [1.54, 1.807) is 26.0 Å². The Hall–Kier alpha value is -0.950. The summed E-state index contributed by atoms with van der Waals surface area (Å²) < 4.78 is 5.32. The molecule has 5 heteroatoms. The Morgan fingerprint density at radius 2 is 2.12 bits per heavy atom. The van der Waals surface area contributed by atoms with Crippen LogP contribution in [-0.2, 0) is 5.60 Å². The molecule has 1 rings (SSSR count). The van der Waals surface area contributed by atoms with Gasteiger partial charge in [-0.15, -0.1) is 11.6 Å². The van der Waals surface area contributed by atoms with Gasteiger partial charge in [0.25, 0.3) is 0 Å². The third kappa shape index (κ3) is 3.50. The molecule has 0 saturated heterocycles. The van der Waals surface area contributed by atoms with Crippen LogP contribution in [0.4, 0.5) is 5.69 Å². The molecule has 0 bridgehead atoms. The standard InChI is InChI=1S/C12H13Cl2NO2/c1-12(2,16)8-6-9(14)11(17-5-4-13)10(7-8)15-3/h6-7,16H,4-5H2,1-2H3. The van der Waals surface area contributed by atoms with Crippen LogP contribution in [0, 0.1) is 6.57 Å². The highest BCUT2D eigenvalue weighted by molar-refractivity contribution is 6.32. The molecule has 0 aliphatic carbocycles. The molecule has 0 aliphatic rings. The van der Waals surface area contributed by atoms with E-state index < -0.39 is 5.60 Å². The summed E-state index contributed by atoms with van der Waals surface area (Å²) in [5, 5.41) is 10.2. The number of benzene rings is 1. The van der Waals surface area contributed by atoms with Gasteiger partial charge in [-0.1, -0.05) is 11.6 Å². The largest absolute Gasteiger partial charge is 0.502 e. The summed E-state index contributed by atoms with van der Waals surface area (Å²) in [6.07, 6.45) is 0. The normalized spacial score (nSPS) is 11.1. The molecule has 17 heavy (non-hydrogen) atoms. The third-order valence-electron chi connectivity index (χ3n) is 2.17. The predicted molar refractivity (Wildman–Crippen MR) is 69.2 cm³/mol. The minimum atomic E-state index is -1.05. The van der Waals surface area contributed by atoms with Gasteiger partial charge in [0.05, 0.1) is 29.7 Å². The summed E-state index contributed by atoms with van der Waals surface area (Å²) >= 11 is 11.6. The Labute approximate surface area is 111 Å². The average molecular weight is 274 g/mol. The molecule has 1 aromatic carbocycles. The van der Waals surface area contributed by atoms with Crippen LogP contribution in [0.3, 0.4) is 0 Å². The summed E-state index contributed by atoms with van der Waals surface area (Å²) in [4.78, 5) is 3.34. The predicted octanol–water partition coefficient (Wildman–Crippen LogP) is 3.74. The summed E-state index contributed by atoms with van der Waals surface area (Å²) in [5.41, 5.74) is -0.194.